The number of aromatic nitrogens is 4. The lowest BCUT2D eigenvalue weighted by molar-refractivity contribution is 0.0956. The first-order chi connectivity index (χ1) is 42.1. The number of hydrogen-bond donors (Lipinski definition) is 3. The number of benzene rings is 7. The molecule has 0 aliphatic heterocycles. The van der Waals surface area contributed by atoms with Gasteiger partial charge in [0.05, 0.1) is 74.0 Å². The molecule has 440 valence electrons. The number of carbonyl (C=O) groups is 2. The molecule has 7 aromatic carbocycles. The second-order valence-electron chi connectivity index (χ2n) is 21.0. The summed E-state index contributed by atoms with van der Waals surface area (Å²) in [6.45, 7) is 0. The maximum atomic E-state index is 14.8. The molecule has 7 heterocycles. The zero-order chi connectivity index (χ0) is 61.8. The maximum Gasteiger partial charge on any atom is 0.255 e. The van der Waals surface area contributed by atoms with Crippen molar-refractivity contribution >= 4 is 125 Å². The number of halogens is 4. The van der Waals surface area contributed by atoms with Crippen molar-refractivity contribution in [3.63, 3.8) is 0 Å². The number of carbonyl (C=O) groups excluding carboxylic acids is 2. The van der Waals surface area contributed by atoms with Crippen LogP contribution < -0.4 is 19.2 Å². The number of sulfonamides is 2. The molecule has 0 atom stereocenters. The van der Waals surface area contributed by atoms with Crippen molar-refractivity contribution in [3.05, 3.63) is 198 Å². The van der Waals surface area contributed by atoms with Crippen LogP contribution in [-0.4, -0.2) is 88.7 Å². The number of nitrogens with one attached hydrogen (secondary N) is 3. The number of rotatable bonds is 10. The van der Waals surface area contributed by atoms with E-state index in [-0.39, 0.29) is 56.8 Å². The minimum atomic E-state index is -3.74. The molecular formula is C66H48F4N8O8S2. The maximum absolute atomic E-state index is 14.8. The molecular weight excluding hydrogens is 1170 g/mol. The van der Waals surface area contributed by atoms with Gasteiger partial charge in [0.2, 0.25) is 20.0 Å². The topological polar surface area (TPSA) is 205 Å². The SMILES string of the molecule is CNC(=O)c1c(-c2ccc(F)cc2)oc2cc(N(C)S(C)(=O)=O)c(-c3ccc4ccc5c([nH]c6cccc(F)c65)c4n3)cc12.CNC(=O)c1c(-c2ccc(F)cc2)oc2cc(N(C)S(C)(=O)=O)c(-c3ccc4ccn5c6cccc(F)c6cc5c4n3)cc12. The average Bonchev–Trinajstić information content (AvgIpc) is 2.07. The summed E-state index contributed by atoms with van der Waals surface area (Å²) in [5, 5.41) is 9.27. The molecule has 16 nitrogen and oxygen atoms in total. The Hall–Kier alpha value is -10.6. The Morgan fingerprint density at radius 3 is 1.55 bits per heavy atom. The Morgan fingerprint density at radius 2 is 1.02 bits per heavy atom. The van der Waals surface area contributed by atoms with Gasteiger partial charge >= 0.3 is 0 Å². The van der Waals surface area contributed by atoms with E-state index in [4.69, 9.17) is 18.8 Å². The van der Waals surface area contributed by atoms with Crippen molar-refractivity contribution in [3.8, 4) is 45.2 Å². The van der Waals surface area contributed by atoms with Crippen molar-refractivity contribution in [2.75, 3.05) is 49.3 Å². The van der Waals surface area contributed by atoms with Gasteiger partial charge in [-0.05, 0) is 109 Å². The largest absolute Gasteiger partial charge is 0.455 e. The normalized spacial score (nSPS) is 12.0. The second-order valence-corrected chi connectivity index (χ2v) is 25.1. The third-order valence-electron chi connectivity index (χ3n) is 15.8. The zero-order valence-electron chi connectivity index (χ0n) is 47.4. The van der Waals surface area contributed by atoms with Crippen LogP contribution in [0.15, 0.2) is 173 Å². The van der Waals surface area contributed by atoms with Crippen molar-refractivity contribution in [1.29, 1.82) is 0 Å². The van der Waals surface area contributed by atoms with Crippen molar-refractivity contribution in [2.24, 2.45) is 0 Å². The van der Waals surface area contributed by atoms with Gasteiger partial charge in [-0.2, -0.15) is 0 Å². The summed E-state index contributed by atoms with van der Waals surface area (Å²) in [7, 11) is -1.66. The second kappa shape index (κ2) is 21.1. The lowest BCUT2D eigenvalue weighted by Gasteiger charge is -2.20. The molecule has 0 aliphatic rings. The highest BCUT2D eigenvalue weighted by molar-refractivity contribution is 7.92. The van der Waals surface area contributed by atoms with E-state index in [1.54, 1.807) is 60.7 Å². The number of hydrogen-bond acceptors (Lipinski definition) is 10. The molecule has 0 saturated carbocycles. The summed E-state index contributed by atoms with van der Waals surface area (Å²) in [5.41, 5.74) is 7.88. The van der Waals surface area contributed by atoms with E-state index in [1.807, 2.05) is 47.0 Å². The number of furan rings is 2. The van der Waals surface area contributed by atoms with Gasteiger partial charge < -0.3 is 28.9 Å². The fourth-order valence-electron chi connectivity index (χ4n) is 11.2. The Kier molecular flexibility index (Phi) is 13.6. The molecule has 0 fully saturated rings. The van der Waals surface area contributed by atoms with Crippen LogP contribution in [0.3, 0.4) is 0 Å². The lowest BCUT2D eigenvalue weighted by Crippen LogP contribution is -2.25. The summed E-state index contributed by atoms with van der Waals surface area (Å²) < 4.78 is 124. The Labute approximate surface area is 498 Å². The molecule has 0 spiro atoms. The molecule has 0 bridgehead atoms. The summed E-state index contributed by atoms with van der Waals surface area (Å²) in [6, 6.07) is 41.8. The number of nitrogens with zero attached hydrogens (tertiary/aromatic N) is 5. The van der Waals surface area contributed by atoms with E-state index in [1.165, 1.54) is 88.9 Å². The van der Waals surface area contributed by atoms with E-state index >= 15 is 0 Å². The van der Waals surface area contributed by atoms with Gasteiger partial charge in [0.25, 0.3) is 11.8 Å². The van der Waals surface area contributed by atoms with Crippen LogP contribution in [0.25, 0.3) is 127 Å². The number of amides is 2. The Bertz CT molecular complexity index is 5280. The van der Waals surface area contributed by atoms with Gasteiger partial charge in [-0.15, -0.1) is 0 Å². The molecule has 0 aliphatic carbocycles. The van der Waals surface area contributed by atoms with E-state index < -0.39 is 43.5 Å². The van der Waals surface area contributed by atoms with Gasteiger partial charge in [0, 0.05) is 112 Å². The van der Waals surface area contributed by atoms with Gasteiger partial charge in [-0.3, -0.25) is 18.2 Å². The number of H-pyrrole nitrogens is 1. The average molecular weight is 1220 g/mol. The molecule has 2 amide bonds. The minimum Gasteiger partial charge on any atom is -0.455 e. The zero-order valence-corrected chi connectivity index (χ0v) is 49.1. The third-order valence-corrected chi connectivity index (χ3v) is 18.1. The number of fused-ring (bicyclic) bond motifs is 12. The third kappa shape index (κ3) is 9.52. The van der Waals surface area contributed by atoms with Crippen molar-refractivity contribution in [2.45, 2.75) is 0 Å². The number of anilines is 2. The van der Waals surface area contributed by atoms with Crippen LogP contribution in [0, 0.1) is 23.3 Å². The van der Waals surface area contributed by atoms with Gasteiger partial charge in [0.1, 0.15) is 46.0 Å². The fourth-order valence-corrected chi connectivity index (χ4v) is 12.3. The van der Waals surface area contributed by atoms with Crippen LogP contribution in [0.1, 0.15) is 20.7 Å². The van der Waals surface area contributed by atoms with Crippen LogP contribution in [0.2, 0.25) is 0 Å². The van der Waals surface area contributed by atoms with Crippen LogP contribution in [0.5, 0.6) is 0 Å². The summed E-state index contributed by atoms with van der Waals surface area (Å²) in [4.78, 5) is 39.6. The quantitative estimate of drug-likeness (QED) is 0.110. The lowest BCUT2D eigenvalue weighted by atomic mass is 10.00. The standard InChI is InChI=1S/2C33H24F2N4O4S/c1-36-33(40)29-22-15-21(26(39(2)44(3,41)42)16-27(22)43-32(29)18-7-11-19(34)12-8-18)24-14-10-17-9-13-20-28-23(35)5-4-6-25(28)38-31(20)30(17)37-24;1-36-33(40)30-23-15-22(27(38(2)44(3,41)42)17-29(23)43-32(30)19-7-10-20(34)11-8-19)25-12-9-18-13-14-39-26-6-4-5-24(35)21(26)16-28(39)31(18)37-25/h4-16,38H,1-3H3,(H,36,40);4-17H,1-3H3,(H,36,40). The number of aromatic amines is 1. The smallest absolute Gasteiger partial charge is 0.255 e. The van der Waals surface area contributed by atoms with Crippen molar-refractivity contribution in [1.82, 2.24) is 30.0 Å². The monoisotopic (exact) mass is 1220 g/mol. The Morgan fingerprint density at radius 1 is 0.534 bits per heavy atom. The van der Waals surface area contributed by atoms with Gasteiger partial charge in [0.15, 0.2) is 0 Å². The molecule has 0 unspecified atom stereocenters. The van der Waals surface area contributed by atoms with E-state index in [0.717, 1.165) is 31.9 Å². The summed E-state index contributed by atoms with van der Waals surface area (Å²) >= 11 is 0. The van der Waals surface area contributed by atoms with Gasteiger partial charge in [-0.1, -0.05) is 36.4 Å². The first-order valence-electron chi connectivity index (χ1n) is 27.1. The molecule has 14 aromatic rings. The summed E-state index contributed by atoms with van der Waals surface area (Å²) in [5.74, 6) is -2.06. The summed E-state index contributed by atoms with van der Waals surface area (Å²) in [6.07, 6.45) is 4.02. The molecule has 14 rings (SSSR count). The van der Waals surface area contributed by atoms with E-state index in [2.05, 4.69) is 15.6 Å². The predicted octanol–water partition coefficient (Wildman–Crippen LogP) is 13.7. The van der Waals surface area contributed by atoms with Crippen LogP contribution in [-0.2, 0) is 20.0 Å². The highest BCUT2D eigenvalue weighted by Gasteiger charge is 2.29. The predicted molar refractivity (Wildman–Crippen MR) is 336 cm³/mol. The highest BCUT2D eigenvalue weighted by atomic mass is 32.2. The molecule has 88 heavy (non-hydrogen) atoms. The molecule has 0 saturated heterocycles. The minimum absolute atomic E-state index is 0.206. The van der Waals surface area contributed by atoms with Crippen LogP contribution in [0.4, 0.5) is 28.9 Å². The first kappa shape index (κ1) is 56.5. The van der Waals surface area contributed by atoms with E-state index in [9.17, 15) is 44.0 Å². The van der Waals surface area contributed by atoms with Crippen LogP contribution >= 0.6 is 0 Å². The molecule has 22 heteroatoms. The number of pyridine rings is 3. The Balaban J connectivity index is 0.000000162. The fraction of sp³-hybridized carbons (Fsp3) is 0.0909. The first-order valence-corrected chi connectivity index (χ1v) is 30.8. The van der Waals surface area contributed by atoms with Gasteiger partial charge in [-0.25, -0.2) is 44.4 Å². The van der Waals surface area contributed by atoms with Crippen molar-refractivity contribution < 1.29 is 52.8 Å². The molecule has 0 radical (unpaired) electrons. The molecule has 3 N–H and O–H groups in total. The molecule has 7 aromatic heterocycles. The highest BCUT2D eigenvalue weighted by Crippen LogP contribution is 2.44. The van der Waals surface area contributed by atoms with E-state index in [0.29, 0.717) is 93.7 Å².